The molecule has 2 bridgehead atoms. The molecule has 3 atom stereocenters. The Morgan fingerprint density at radius 2 is 2.00 bits per heavy atom. The second kappa shape index (κ2) is 4.58. The molecule has 0 saturated carbocycles. The first-order chi connectivity index (χ1) is 8.25. The minimum Gasteiger partial charge on any atom is -0.481 e. The normalized spacial score (nSPS) is 38.7. The fourth-order valence-corrected chi connectivity index (χ4v) is 3.88. The average molecular weight is 239 g/mol. The van der Waals surface area contributed by atoms with Gasteiger partial charge in [-0.15, -0.1) is 0 Å². The van der Waals surface area contributed by atoms with Crippen LogP contribution < -0.4 is 0 Å². The summed E-state index contributed by atoms with van der Waals surface area (Å²) >= 11 is 0. The Kier molecular flexibility index (Phi) is 3.09. The van der Waals surface area contributed by atoms with Crippen molar-refractivity contribution in [3.63, 3.8) is 0 Å². The van der Waals surface area contributed by atoms with Crippen molar-refractivity contribution in [2.45, 2.75) is 44.2 Å². The van der Waals surface area contributed by atoms with E-state index in [0.29, 0.717) is 12.1 Å². The van der Waals surface area contributed by atoms with Crippen LogP contribution in [0.25, 0.3) is 0 Å². The van der Waals surface area contributed by atoms with Crippen LogP contribution in [0.2, 0.25) is 0 Å². The quantitative estimate of drug-likeness (QED) is 0.807. The molecule has 0 aliphatic carbocycles. The zero-order valence-electron chi connectivity index (χ0n) is 10.2. The molecule has 0 aromatic rings. The van der Waals surface area contributed by atoms with Gasteiger partial charge < -0.3 is 9.84 Å². The van der Waals surface area contributed by atoms with E-state index in [9.17, 15) is 9.90 Å². The Balaban J connectivity index is 1.62. The zero-order chi connectivity index (χ0) is 11.8. The van der Waals surface area contributed by atoms with E-state index in [1.54, 1.807) is 0 Å². The third-order valence-corrected chi connectivity index (χ3v) is 4.81. The molecule has 3 unspecified atom stereocenters. The van der Waals surface area contributed by atoms with Crippen LogP contribution >= 0.6 is 0 Å². The van der Waals surface area contributed by atoms with Gasteiger partial charge in [-0.05, 0) is 38.0 Å². The fourth-order valence-electron chi connectivity index (χ4n) is 3.88. The number of aliphatic carboxylic acids is 1. The van der Waals surface area contributed by atoms with Crippen molar-refractivity contribution < 1.29 is 14.6 Å². The van der Waals surface area contributed by atoms with Crippen molar-refractivity contribution in [3.8, 4) is 0 Å². The van der Waals surface area contributed by atoms with E-state index in [4.69, 9.17) is 4.74 Å². The third kappa shape index (κ3) is 2.08. The van der Waals surface area contributed by atoms with E-state index >= 15 is 0 Å². The van der Waals surface area contributed by atoms with Crippen molar-refractivity contribution in [2.24, 2.45) is 11.8 Å². The molecule has 3 saturated heterocycles. The van der Waals surface area contributed by atoms with Gasteiger partial charge >= 0.3 is 5.97 Å². The molecule has 0 aromatic carbocycles. The van der Waals surface area contributed by atoms with E-state index in [1.807, 2.05) is 0 Å². The van der Waals surface area contributed by atoms with E-state index in [1.165, 1.54) is 6.42 Å². The topological polar surface area (TPSA) is 49.8 Å². The summed E-state index contributed by atoms with van der Waals surface area (Å²) in [5, 5.41) is 9.21. The van der Waals surface area contributed by atoms with Crippen molar-refractivity contribution in [1.82, 2.24) is 4.90 Å². The summed E-state index contributed by atoms with van der Waals surface area (Å²) in [5.74, 6) is 0.0298. The monoisotopic (exact) mass is 239 g/mol. The Hall–Kier alpha value is -0.610. The smallest absolute Gasteiger partial charge is 0.308 e. The number of carboxylic acids is 1. The minimum atomic E-state index is -0.589. The molecule has 3 aliphatic rings. The van der Waals surface area contributed by atoms with Gasteiger partial charge in [0, 0.05) is 31.8 Å². The predicted octanol–water partition coefficient (Wildman–Crippen LogP) is 1.35. The number of hydrogen-bond donors (Lipinski definition) is 1. The van der Waals surface area contributed by atoms with E-state index < -0.39 is 5.97 Å². The molecule has 3 fully saturated rings. The summed E-state index contributed by atoms with van der Waals surface area (Å²) < 4.78 is 5.38. The highest BCUT2D eigenvalue weighted by molar-refractivity contribution is 5.71. The molecular formula is C13H21NO3. The number of hydrogen-bond acceptors (Lipinski definition) is 3. The fraction of sp³-hybridized carbons (Fsp3) is 0.923. The molecule has 0 radical (unpaired) electrons. The van der Waals surface area contributed by atoms with Crippen LogP contribution in [0.1, 0.15) is 32.1 Å². The average Bonchev–Trinajstić information content (AvgIpc) is 2.88. The first-order valence-corrected chi connectivity index (χ1v) is 6.82. The lowest BCUT2D eigenvalue weighted by atomic mass is 9.89. The van der Waals surface area contributed by atoms with Crippen molar-refractivity contribution in [1.29, 1.82) is 0 Å². The van der Waals surface area contributed by atoms with Crippen LogP contribution in [0.3, 0.4) is 0 Å². The molecule has 0 aromatic heterocycles. The summed E-state index contributed by atoms with van der Waals surface area (Å²) in [6.07, 6.45) is 5.47. The van der Waals surface area contributed by atoms with Gasteiger partial charge in [-0.1, -0.05) is 0 Å². The zero-order valence-corrected chi connectivity index (χ0v) is 10.2. The summed E-state index contributed by atoms with van der Waals surface area (Å²) in [6, 6.07) is 0.865. The van der Waals surface area contributed by atoms with Crippen LogP contribution in [0, 0.1) is 11.8 Å². The summed E-state index contributed by atoms with van der Waals surface area (Å²) in [4.78, 5) is 13.7. The molecule has 1 N–H and O–H groups in total. The lowest BCUT2D eigenvalue weighted by Crippen LogP contribution is -2.37. The molecule has 3 rings (SSSR count). The third-order valence-electron chi connectivity index (χ3n) is 4.81. The van der Waals surface area contributed by atoms with Gasteiger partial charge in [0.15, 0.2) is 0 Å². The molecule has 3 heterocycles. The van der Waals surface area contributed by atoms with Crippen LogP contribution in [-0.2, 0) is 9.53 Å². The van der Waals surface area contributed by atoms with Gasteiger partial charge in [0.05, 0.1) is 5.92 Å². The van der Waals surface area contributed by atoms with Crippen LogP contribution in [0.5, 0.6) is 0 Å². The molecule has 4 heteroatoms. The maximum absolute atomic E-state index is 11.2. The second-order valence-electron chi connectivity index (χ2n) is 5.73. The SMILES string of the molecule is O=C(O)C1CC2CCC1N2CC1CCOCC1. The largest absolute Gasteiger partial charge is 0.481 e. The summed E-state index contributed by atoms with van der Waals surface area (Å²) in [5.41, 5.74) is 0. The van der Waals surface area contributed by atoms with E-state index in [0.717, 1.165) is 51.4 Å². The lowest BCUT2D eigenvalue weighted by Gasteiger charge is -2.30. The molecule has 96 valence electrons. The van der Waals surface area contributed by atoms with Gasteiger partial charge in [0.2, 0.25) is 0 Å². The number of nitrogens with zero attached hydrogens (tertiary/aromatic N) is 1. The first-order valence-electron chi connectivity index (χ1n) is 6.82. The van der Waals surface area contributed by atoms with E-state index in [2.05, 4.69) is 4.90 Å². The Morgan fingerprint density at radius 1 is 1.24 bits per heavy atom. The molecule has 17 heavy (non-hydrogen) atoms. The van der Waals surface area contributed by atoms with Gasteiger partial charge in [-0.3, -0.25) is 9.69 Å². The summed E-state index contributed by atoms with van der Waals surface area (Å²) in [6.45, 7) is 2.87. The van der Waals surface area contributed by atoms with Crippen LogP contribution in [0.4, 0.5) is 0 Å². The maximum atomic E-state index is 11.2. The van der Waals surface area contributed by atoms with Gasteiger partial charge in [0.1, 0.15) is 0 Å². The van der Waals surface area contributed by atoms with Gasteiger partial charge in [-0.2, -0.15) is 0 Å². The van der Waals surface area contributed by atoms with Crippen LogP contribution in [-0.4, -0.2) is 47.8 Å². The molecule has 0 spiro atoms. The number of carbonyl (C=O) groups is 1. The second-order valence-corrected chi connectivity index (χ2v) is 5.73. The molecule has 3 aliphatic heterocycles. The highest BCUT2D eigenvalue weighted by Crippen LogP contribution is 2.42. The number of ether oxygens (including phenoxy) is 1. The van der Waals surface area contributed by atoms with Gasteiger partial charge in [-0.25, -0.2) is 0 Å². The highest BCUT2D eigenvalue weighted by Gasteiger charge is 2.49. The highest BCUT2D eigenvalue weighted by atomic mass is 16.5. The van der Waals surface area contributed by atoms with Gasteiger partial charge in [0.25, 0.3) is 0 Å². The van der Waals surface area contributed by atoms with E-state index in [-0.39, 0.29) is 5.92 Å². The number of rotatable bonds is 3. The Labute approximate surface area is 102 Å². The lowest BCUT2D eigenvalue weighted by molar-refractivity contribution is -0.142. The molecule has 0 amide bonds. The van der Waals surface area contributed by atoms with Crippen molar-refractivity contribution in [3.05, 3.63) is 0 Å². The molecule has 4 nitrogen and oxygen atoms in total. The Bertz CT molecular complexity index is 301. The van der Waals surface area contributed by atoms with Crippen LogP contribution in [0.15, 0.2) is 0 Å². The van der Waals surface area contributed by atoms with Crippen molar-refractivity contribution in [2.75, 3.05) is 19.8 Å². The number of fused-ring (bicyclic) bond motifs is 2. The minimum absolute atomic E-state index is 0.103. The first kappa shape index (κ1) is 11.5. The predicted molar refractivity (Wildman–Crippen MR) is 62.8 cm³/mol. The van der Waals surface area contributed by atoms with Crippen molar-refractivity contribution >= 4 is 5.97 Å². The maximum Gasteiger partial charge on any atom is 0.308 e. The number of carboxylic acid groups (broad SMARTS) is 1. The Morgan fingerprint density at radius 3 is 2.65 bits per heavy atom. The summed E-state index contributed by atoms with van der Waals surface area (Å²) in [7, 11) is 0. The standard InChI is InChI=1S/C13H21NO3/c15-13(16)11-7-10-1-2-12(11)14(10)8-9-3-5-17-6-4-9/h9-12H,1-8H2,(H,15,16). The molecular weight excluding hydrogens is 218 g/mol.